The van der Waals surface area contributed by atoms with E-state index in [1.165, 1.54) is 7.05 Å². The highest BCUT2D eigenvalue weighted by molar-refractivity contribution is 6.34. The van der Waals surface area contributed by atoms with E-state index >= 15 is 0 Å². The molecule has 0 aromatic heterocycles. The summed E-state index contributed by atoms with van der Waals surface area (Å²) in [5.74, 6) is 0.390. The van der Waals surface area contributed by atoms with Gasteiger partial charge in [-0.25, -0.2) is 0 Å². The van der Waals surface area contributed by atoms with Gasteiger partial charge in [0.1, 0.15) is 11.5 Å². The fraction of sp³-hybridized carbons (Fsp3) is 0.0714. The van der Waals surface area contributed by atoms with E-state index in [4.69, 9.17) is 33.7 Å². The van der Waals surface area contributed by atoms with Crippen molar-refractivity contribution in [3.05, 3.63) is 52.0 Å². The Kier molecular flexibility index (Phi) is 4.37. The van der Waals surface area contributed by atoms with Crippen LogP contribution >= 0.6 is 23.2 Å². The van der Waals surface area contributed by atoms with E-state index < -0.39 is 0 Å². The SMILES string of the molecule is CNC(=O)c1ccc(N)cc1Oc1cc(Cl)ccc1Cl. The van der Waals surface area contributed by atoms with Crippen LogP contribution in [-0.2, 0) is 0 Å². The van der Waals surface area contributed by atoms with Crippen LogP contribution in [0.1, 0.15) is 10.4 Å². The summed E-state index contributed by atoms with van der Waals surface area (Å²) in [5.41, 5.74) is 6.56. The number of anilines is 1. The number of carbonyl (C=O) groups is 1. The van der Waals surface area contributed by atoms with Gasteiger partial charge in [-0.3, -0.25) is 4.79 Å². The van der Waals surface area contributed by atoms with Gasteiger partial charge in [-0.2, -0.15) is 0 Å². The first-order valence-corrected chi connectivity index (χ1v) is 6.51. The van der Waals surface area contributed by atoms with Crippen molar-refractivity contribution in [1.29, 1.82) is 0 Å². The molecule has 0 bridgehead atoms. The third-order valence-corrected chi connectivity index (χ3v) is 3.14. The topological polar surface area (TPSA) is 64.4 Å². The van der Waals surface area contributed by atoms with Crippen molar-refractivity contribution in [2.24, 2.45) is 0 Å². The van der Waals surface area contributed by atoms with Crippen LogP contribution in [0, 0.1) is 0 Å². The second-order valence-electron chi connectivity index (χ2n) is 4.01. The Bertz CT molecular complexity index is 660. The molecule has 0 spiro atoms. The number of nitrogens with one attached hydrogen (secondary N) is 1. The van der Waals surface area contributed by atoms with Crippen LogP contribution in [0.25, 0.3) is 0 Å². The number of carbonyl (C=O) groups excluding carboxylic acids is 1. The number of nitrogens with two attached hydrogens (primary N) is 1. The number of rotatable bonds is 3. The minimum atomic E-state index is -0.279. The van der Waals surface area contributed by atoms with Crippen LogP contribution < -0.4 is 15.8 Å². The molecule has 0 saturated heterocycles. The predicted octanol–water partition coefficient (Wildman–Crippen LogP) is 3.73. The van der Waals surface area contributed by atoms with Gasteiger partial charge in [0.2, 0.25) is 0 Å². The Labute approximate surface area is 126 Å². The Morgan fingerprint density at radius 1 is 1.15 bits per heavy atom. The highest BCUT2D eigenvalue weighted by Gasteiger charge is 2.14. The minimum absolute atomic E-state index is 0.279. The molecule has 0 fully saturated rings. The second-order valence-corrected chi connectivity index (χ2v) is 4.86. The zero-order valence-electron chi connectivity index (χ0n) is 10.6. The molecule has 0 aliphatic heterocycles. The van der Waals surface area contributed by atoms with Crippen molar-refractivity contribution >= 4 is 34.8 Å². The molecule has 1 amide bonds. The lowest BCUT2D eigenvalue weighted by Gasteiger charge is -2.12. The van der Waals surface area contributed by atoms with Crippen molar-refractivity contribution in [3.63, 3.8) is 0 Å². The number of hydrogen-bond acceptors (Lipinski definition) is 3. The largest absolute Gasteiger partial charge is 0.455 e. The smallest absolute Gasteiger partial charge is 0.254 e. The van der Waals surface area contributed by atoms with E-state index in [-0.39, 0.29) is 5.91 Å². The molecular formula is C14H12Cl2N2O2. The summed E-state index contributed by atoms with van der Waals surface area (Å²) in [6, 6.07) is 9.60. The highest BCUT2D eigenvalue weighted by atomic mass is 35.5. The van der Waals surface area contributed by atoms with Crippen LogP contribution in [0.4, 0.5) is 5.69 Å². The van der Waals surface area contributed by atoms with Crippen LogP contribution in [-0.4, -0.2) is 13.0 Å². The number of hydrogen-bond donors (Lipinski definition) is 2. The lowest BCUT2D eigenvalue weighted by molar-refractivity contribution is 0.0961. The molecule has 2 aromatic rings. The summed E-state index contributed by atoms with van der Waals surface area (Å²) in [6.07, 6.45) is 0. The second kappa shape index (κ2) is 6.03. The van der Waals surface area contributed by atoms with Gasteiger partial charge in [-0.05, 0) is 24.3 Å². The normalized spacial score (nSPS) is 10.2. The van der Waals surface area contributed by atoms with Crippen LogP contribution in [0.2, 0.25) is 10.0 Å². The first-order valence-electron chi connectivity index (χ1n) is 5.76. The van der Waals surface area contributed by atoms with Gasteiger partial charge in [0.05, 0.1) is 10.6 Å². The van der Waals surface area contributed by atoms with E-state index in [9.17, 15) is 4.79 Å². The van der Waals surface area contributed by atoms with Gasteiger partial charge in [-0.1, -0.05) is 23.2 Å². The third-order valence-electron chi connectivity index (χ3n) is 2.59. The van der Waals surface area contributed by atoms with Gasteiger partial charge in [-0.15, -0.1) is 0 Å². The Morgan fingerprint density at radius 3 is 2.60 bits per heavy atom. The standard InChI is InChI=1S/C14H12Cl2N2O2/c1-18-14(19)10-4-3-9(17)7-12(10)20-13-6-8(15)2-5-11(13)16/h2-7H,17H2,1H3,(H,18,19). The number of halogens is 2. The van der Waals surface area contributed by atoms with E-state index in [0.29, 0.717) is 32.8 Å². The molecule has 0 saturated carbocycles. The zero-order chi connectivity index (χ0) is 14.7. The molecule has 4 nitrogen and oxygen atoms in total. The first-order chi connectivity index (χ1) is 9.51. The van der Waals surface area contributed by atoms with Crippen molar-refractivity contribution in [2.45, 2.75) is 0 Å². The molecule has 0 atom stereocenters. The molecule has 3 N–H and O–H groups in total. The van der Waals surface area contributed by atoms with Crippen molar-refractivity contribution in [1.82, 2.24) is 5.32 Å². The maximum absolute atomic E-state index is 11.8. The monoisotopic (exact) mass is 310 g/mol. The third kappa shape index (κ3) is 3.15. The van der Waals surface area contributed by atoms with E-state index in [2.05, 4.69) is 5.32 Å². The number of benzene rings is 2. The lowest BCUT2D eigenvalue weighted by Crippen LogP contribution is -2.18. The van der Waals surface area contributed by atoms with Crippen molar-refractivity contribution in [3.8, 4) is 11.5 Å². The van der Waals surface area contributed by atoms with Crippen LogP contribution in [0.3, 0.4) is 0 Å². The quantitative estimate of drug-likeness (QED) is 0.849. The molecule has 0 heterocycles. The molecule has 2 aromatic carbocycles. The lowest BCUT2D eigenvalue weighted by atomic mass is 10.1. The van der Waals surface area contributed by atoms with Gasteiger partial charge in [0, 0.05) is 29.9 Å². The maximum atomic E-state index is 11.8. The molecule has 0 aliphatic rings. The van der Waals surface area contributed by atoms with Gasteiger partial charge < -0.3 is 15.8 Å². The zero-order valence-corrected chi connectivity index (χ0v) is 12.1. The summed E-state index contributed by atoms with van der Waals surface area (Å²) >= 11 is 11.9. The summed E-state index contributed by atoms with van der Waals surface area (Å²) in [5, 5.41) is 3.40. The summed E-state index contributed by atoms with van der Waals surface area (Å²) in [6.45, 7) is 0. The van der Waals surface area contributed by atoms with Crippen LogP contribution in [0.15, 0.2) is 36.4 Å². The van der Waals surface area contributed by atoms with E-state index in [0.717, 1.165) is 0 Å². The van der Waals surface area contributed by atoms with Gasteiger partial charge in [0.15, 0.2) is 0 Å². The number of nitrogen functional groups attached to an aromatic ring is 1. The molecule has 2 rings (SSSR count). The predicted molar refractivity (Wildman–Crippen MR) is 80.8 cm³/mol. The molecular weight excluding hydrogens is 299 g/mol. The summed E-state index contributed by atoms with van der Waals surface area (Å²) in [4.78, 5) is 11.8. The number of amides is 1. The van der Waals surface area contributed by atoms with Crippen LogP contribution in [0.5, 0.6) is 11.5 Å². The minimum Gasteiger partial charge on any atom is -0.455 e. The first kappa shape index (κ1) is 14.5. The van der Waals surface area contributed by atoms with E-state index in [1.807, 2.05) is 0 Å². The highest BCUT2D eigenvalue weighted by Crippen LogP contribution is 2.34. The Morgan fingerprint density at radius 2 is 1.90 bits per heavy atom. The van der Waals surface area contributed by atoms with E-state index in [1.54, 1.807) is 36.4 Å². The Hall–Kier alpha value is -1.91. The molecule has 20 heavy (non-hydrogen) atoms. The fourth-order valence-electron chi connectivity index (χ4n) is 1.62. The molecule has 104 valence electrons. The Balaban J connectivity index is 2.44. The van der Waals surface area contributed by atoms with Gasteiger partial charge in [0.25, 0.3) is 5.91 Å². The average Bonchev–Trinajstić information content (AvgIpc) is 2.42. The summed E-state index contributed by atoms with van der Waals surface area (Å²) in [7, 11) is 1.54. The molecule has 0 aliphatic carbocycles. The molecule has 6 heteroatoms. The maximum Gasteiger partial charge on any atom is 0.254 e. The van der Waals surface area contributed by atoms with Gasteiger partial charge >= 0.3 is 0 Å². The van der Waals surface area contributed by atoms with Crippen molar-refractivity contribution < 1.29 is 9.53 Å². The average molecular weight is 311 g/mol. The number of ether oxygens (including phenoxy) is 1. The summed E-state index contributed by atoms with van der Waals surface area (Å²) < 4.78 is 5.67. The van der Waals surface area contributed by atoms with Crippen molar-refractivity contribution in [2.75, 3.05) is 12.8 Å². The molecule has 0 radical (unpaired) electrons. The fourth-order valence-corrected chi connectivity index (χ4v) is 1.94. The molecule has 0 unspecified atom stereocenters.